The summed E-state index contributed by atoms with van der Waals surface area (Å²) in [5.41, 5.74) is 9.74. The van der Waals surface area contributed by atoms with Crippen molar-refractivity contribution < 1.29 is 9.59 Å². The molecule has 0 fully saturated rings. The minimum atomic E-state index is -0.384. The van der Waals surface area contributed by atoms with Crippen LogP contribution in [0.15, 0.2) is 67.0 Å². The Labute approximate surface area is 173 Å². The Kier molecular flexibility index (Phi) is 4.41. The van der Waals surface area contributed by atoms with Crippen molar-refractivity contribution in [3.05, 3.63) is 78.1 Å². The molecule has 0 saturated heterocycles. The Morgan fingerprint density at radius 2 is 1.57 bits per heavy atom. The van der Waals surface area contributed by atoms with Gasteiger partial charge in [-0.25, -0.2) is 0 Å². The highest BCUT2D eigenvalue weighted by molar-refractivity contribution is 6.50. The van der Waals surface area contributed by atoms with Crippen molar-refractivity contribution in [2.75, 3.05) is 6.54 Å². The lowest BCUT2D eigenvalue weighted by molar-refractivity contribution is -0.122. The summed E-state index contributed by atoms with van der Waals surface area (Å²) < 4.78 is 2.10. The molecule has 6 heteroatoms. The molecule has 0 atom stereocenters. The summed E-state index contributed by atoms with van der Waals surface area (Å²) in [5, 5.41) is 4.27. The normalized spacial score (nSPS) is 14.2. The van der Waals surface area contributed by atoms with Crippen LogP contribution in [0.1, 0.15) is 17.5 Å². The first-order valence-electron chi connectivity index (χ1n) is 9.91. The smallest absolute Gasteiger partial charge is 0.259 e. The summed E-state index contributed by atoms with van der Waals surface area (Å²) in [6.07, 6.45) is 4.45. The number of fused-ring (bicyclic) bond motifs is 2. The molecule has 0 bridgehead atoms. The lowest BCUT2D eigenvalue weighted by Crippen LogP contribution is -2.22. The summed E-state index contributed by atoms with van der Waals surface area (Å²) in [5.74, 6) is -0.761. The molecule has 5 rings (SSSR count). The number of nitrogens with zero attached hydrogens (tertiary/aromatic N) is 2. The van der Waals surface area contributed by atoms with Crippen molar-refractivity contribution in [1.29, 1.82) is 0 Å². The van der Waals surface area contributed by atoms with E-state index in [4.69, 9.17) is 5.73 Å². The minimum Gasteiger partial charge on any atom is -0.347 e. The zero-order chi connectivity index (χ0) is 20.7. The summed E-state index contributed by atoms with van der Waals surface area (Å²) >= 11 is 0. The first-order valence-corrected chi connectivity index (χ1v) is 9.91. The van der Waals surface area contributed by atoms with E-state index in [1.807, 2.05) is 54.7 Å². The van der Waals surface area contributed by atoms with Gasteiger partial charge in [-0.2, -0.15) is 0 Å². The number of hydrogen-bond donors (Lipinski definition) is 2. The van der Waals surface area contributed by atoms with Crippen molar-refractivity contribution in [3.8, 4) is 0 Å². The number of benzene rings is 2. The van der Waals surface area contributed by atoms with Crippen LogP contribution in [0.25, 0.3) is 33.0 Å². The van der Waals surface area contributed by atoms with Gasteiger partial charge in [-0.15, -0.1) is 0 Å². The van der Waals surface area contributed by atoms with Crippen LogP contribution >= 0.6 is 0 Å². The summed E-state index contributed by atoms with van der Waals surface area (Å²) in [7, 11) is 0. The van der Waals surface area contributed by atoms with Crippen molar-refractivity contribution in [3.63, 3.8) is 0 Å². The van der Waals surface area contributed by atoms with E-state index in [2.05, 4.69) is 14.9 Å². The molecular formula is C24H20N4O2. The zero-order valence-corrected chi connectivity index (χ0v) is 16.3. The number of nitrogens with one attached hydrogen (secondary N) is 1. The lowest BCUT2D eigenvalue weighted by Gasteiger charge is -2.07. The molecule has 1 aliphatic heterocycles. The maximum Gasteiger partial charge on any atom is 0.259 e. The van der Waals surface area contributed by atoms with Gasteiger partial charge >= 0.3 is 0 Å². The molecule has 0 unspecified atom stereocenters. The number of carbonyl (C=O) groups excluding carboxylic acids is 2. The molecule has 6 nitrogen and oxygen atoms in total. The van der Waals surface area contributed by atoms with Gasteiger partial charge in [0, 0.05) is 40.8 Å². The van der Waals surface area contributed by atoms with Crippen molar-refractivity contribution in [1.82, 2.24) is 14.9 Å². The molecule has 30 heavy (non-hydrogen) atoms. The number of nitrogens with two attached hydrogens (primary N) is 1. The largest absolute Gasteiger partial charge is 0.347 e. The quantitative estimate of drug-likeness (QED) is 0.507. The molecule has 1 aliphatic rings. The van der Waals surface area contributed by atoms with Gasteiger partial charge < -0.3 is 10.3 Å². The number of pyridine rings is 1. The molecule has 3 heterocycles. The van der Waals surface area contributed by atoms with E-state index in [-0.39, 0.29) is 11.8 Å². The topological polar surface area (TPSA) is 90.0 Å². The van der Waals surface area contributed by atoms with E-state index in [9.17, 15) is 9.59 Å². The van der Waals surface area contributed by atoms with Gasteiger partial charge in [0.2, 0.25) is 0 Å². The number of aryl methyl sites for hydroxylation is 1. The average Bonchev–Trinajstić information content (AvgIpc) is 3.27. The molecule has 148 valence electrons. The molecule has 0 radical (unpaired) electrons. The fraction of sp³-hybridized carbons (Fsp3) is 0.125. The third-order valence-electron chi connectivity index (χ3n) is 5.51. The van der Waals surface area contributed by atoms with Crippen molar-refractivity contribution in [2.24, 2.45) is 5.73 Å². The number of aromatic nitrogens is 2. The number of hydrogen-bond acceptors (Lipinski definition) is 4. The van der Waals surface area contributed by atoms with Gasteiger partial charge in [-0.3, -0.25) is 19.9 Å². The zero-order valence-electron chi connectivity index (χ0n) is 16.3. The van der Waals surface area contributed by atoms with E-state index in [1.165, 1.54) is 0 Å². The maximum absolute atomic E-state index is 12.9. The first kappa shape index (κ1) is 18.3. The lowest BCUT2D eigenvalue weighted by atomic mass is 9.94. The van der Waals surface area contributed by atoms with Gasteiger partial charge in [0.1, 0.15) is 0 Å². The van der Waals surface area contributed by atoms with Gasteiger partial charge in [0.15, 0.2) is 0 Å². The van der Waals surface area contributed by atoms with Crippen LogP contribution in [-0.2, 0) is 16.1 Å². The maximum atomic E-state index is 12.9. The third kappa shape index (κ3) is 2.81. The second kappa shape index (κ2) is 7.24. The Bertz CT molecular complexity index is 1340. The molecule has 0 aliphatic carbocycles. The molecule has 4 aromatic rings. The predicted octanol–water partition coefficient (Wildman–Crippen LogP) is 3.11. The molecular weight excluding hydrogens is 376 g/mol. The Hall–Kier alpha value is -3.77. The highest BCUT2D eigenvalue weighted by atomic mass is 16.2. The Morgan fingerprint density at radius 1 is 0.867 bits per heavy atom. The second-order valence-corrected chi connectivity index (χ2v) is 7.30. The fourth-order valence-corrected chi connectivity index (χ4v) is 4.18. The van der Waals surface area contributed by atoms with Crippen LogP contribution in [0.3, 0.4) is 0 Å². The monoisotopic (exact) mass is 396 g/mol. The van der Waals surface area contributed by atoms with Crippen LogP contribution in [0.4, 0.5) is 0 Å². The Morgan fingerprint density at radius 3 is 2.37 bits per heavy atom. The molecule has 2 aromatic heterocycles. The number of rotatable bonds is 5. The van der Waals surface area contributed by atoms with E-state index in [1.54, 1.807) is 12.3 Å². The van der Waals surface area contributed by atoms with Gasteiger partial charge in [0.05, 0.1) is 16.7 Å². The summed E-state index contributed by atoms with van der Waals surface area (Å²) in [6, 6.07) is 17.3. The molecule has 0 spiro atoms. The van der Waals surface area contributed by atoms with Crippen LogP contribution < -0.4 is 11.1 Å². The van der Waals surface area contributed by atoms with Crippen LogP contribution in [0.5, 0.6) is 0 Å². The van der Waals surface area contributed by atoms with E-state index >= 15 is 0 Å². The predicted molar refractivity (Wildman–Crippen MR) is 117 cm³/mol. The fourth-order valence-electron chi connectivity index (χ4n) is 4.18. The SMILES string of the molecule is NCCCn1cc(C2=C(c3ccnc4ccccc34)C(=O)NC2=O)c2ccccc21. The van der Waals surface area contributed by atoms with Crippen LogP contribution in [-0.4, -0.2) is 27.9 Å². The average molecular weight is 396 g/mol. The number of carbonyl (C=O) groups is 2. The van der Waals surface area contributed by atoms with Crippen LogP contribution in [0, 0.1) is 0 Å². The Balaban J connectivity index is 1.81. The first-order chi connectivity index (χ1) is 14.7. The van der Waals surface area contributed by atoms with E-state index < -0.39 is 0 Å². The number of para-hydroxylation sites is 2. The van der Waals surface area contributed by atoms with Crippen molar-refractivity contribution in [2.45, 2.75) is 13.0 Å². The van der Waals surface area contributed by atoms with Crippen molar-refractivity contribution >= 4 is 44.8 Å². The molecule has 3 N–H and O–H groups in total. The van der Waals surface area contributed by atoms with E-state index in [0.717, 1.165) is 40.3 Å². The molecule has 2 amide bonds. The van der Waals surface area contributed by atoms with Gasteiger partial charge in [-0.05, 0) is 36.7 Å². The highest BCUT2D eigenvalue weighted by Gasteiger charge is 2.34. The standard InChI is InChI=1S/C24H20N4O2/c25-11-5-13-28-14-18(16-7-2-4-9-20(16)28)22-21(23(29)27-24(22)30)17-10-12-26-19-8-3-1-6-15(17)19/h1-4,6-10,12,14H,5,11,13,25H2,(H,27,29,30). The number of amides is 2. The third-order valence-corrected chi connectivity index (χ3v) is 5.51. The second-order valence-electron chi connectivity index (χ2n) is 7.30. The van der Waals surface area contributed by atoms with Crippen LogP contribution in [0.2, 0.25) is 0 Å². The van der Waals surface area contributed by atoms with Gasteiger partial charge in [0.25, 0.3) is 11.8 Å². The number of imide groups is 1. The molecule has 2 aromatic carbocycles. The van der Waals surface area contributed by atoms with E-state index in [0.29, 0.717) is 23.3 Å². The highest BCUT2D eigenvalue weighted by Crippen LogP contribution is 2.37. The van der Waals surface area contributed by atoms with Gasteiger partial charge in [-0.1, -0.05) is 36.4 Å². The minimum absolute atomic E-state index is 0.377. The molecule has 0 saturated carbocycles. The summed E-state index contributed by atoms with van der Waals surface area (Å²) in [4.78, 5) is 30.2. The summed E-state index contributed by atoms with van der Waals surface area (Å²) in [6.45, 7) is 1.32.